The highest BCUT2D eigenvalue weighted by Crippen LogP contribution is 2.31. The van der Waals surface area contributed by atoms with Crippen LogP contribution in [0.5, 0.6) is 0 Å². The molecule has 2 rings (SSSR count). The third-order valence-electron chi connectivity index (χ3n) is 4.93. The van der Waals surface area contributed by atoms with Crippen LogP contribution >= 0.6 is 0 Å². The second-order valence-corrected chi connectivity index (χ2v) is 6.20. The van der Waals surface area contributed by atoms with Crippen molar-refractivity contribution in [1.82, 2.24) is 10.6 Å². The summed E-state index contributed by atoms with van der Waals surface area (Å²) in [6.45, 7) is 3.88. The van der Waals surface area contributed by atoms with E-state index < -0.39 is 0 Å². The van der Waals surface area contributed by atoms with Gasteiger partial charge in [-0.3, -0.25) is 4.79 Å². The van der Waals surface area contributed by atoms with Crippen molar-refractivity contribution in [3.05, 3.63) is 0 Å². The van der Waals surface area contributed by atoms with Crippen LogP contribution in [0.3, 0.4) is 0 Å². The normalized spacial score (nSPS) is 36.5. The van der Waals surface area contributed by atoms with Crippen LogP contribution in [-0.4, -0.2) is 36.2 Å². The van der Waals surface area contributed by atoms with Crippen molar-refractivity contribution in [2.24, 2.45) is 5.41 Å². The van der Waals surface area contributed by atoms with Crippen LogP contribution in [0.15, 0.2) is 0 Å². The van der Waals surface area contributed by atoms with Gasteiger partial charge >= 0.3 is 0 Å². The molecule has 0 radical (unpaired) electrons. The van der Waals surface area contributed by atoms with Crippen LogP contribution in [-0.2, 0) is 4.79 Å². The highest BCUT2D eigenvalue weighted by Gasteiger charge is 2.39. The molecule has 4 nitrogen and oxygen atoms in total. The molecule has 4 heteroatoms. The highest BCUT2D eigenvalue weighted by atomic mass is 16.3. The summed E-state index contributed by atoms with van der Waals surface area (Å²) in [5, 5.41) is 16.6. The molecule has 3 unspecified atom stereocenters. The van der Waals surface area contributed by atoms with Crippen LogP contribution in [0, 0.1) is 5.41 Å². The quantitative estimate of drug-likeness (QED) is 0.681. The second-order valence-electron chi connectivity index (χ2n) is 6.20. The van der Waals surface area contributed by atoms with E-state index in [2.05, 4.69) is 17.6 Å². The first-order chi connectivity index (χ1) is 9.18. The summed E-state index contributed by atoms with van der Waals surface area (Å²) in [6, 6.07) is -0.0413. The summed E-state index contributed by atoms with van der Waals surface area (Å²) in [5.41, 5.74) is -0.260. The summed E-state index contributed by atoms with van der Waals surface area (Å²) >= 11 is 0. The van der Waals surface area contributed by atoms with Gasteiger partial charge in [-0.2, -0.15) is 0 Å². The number of piperidine rings is 1. The minimum Gasteiger partial charge on any atom is -0.391 e. The van der Waals surface area contributed by atoms with Gasteiger partial charge in [-0.25, -0.2) is 0 Å². The van der Waals surface area contributed by atoms with Gasteiger partial charge in [0.15, 0.2) is 0 Å². The van der Waals surface area contributed by atoms with Crippen molar-refractivity contribution < 1.29 is 9.90 Å². The Hall–Kier alpha value is -0.610. The van der Waals surface area contributed by atoms with Crippen LogP contribution in [0.25, 0.3) is 0 Å². The van der Waals surface area contributed by atoms with Crippen molar-refractivity contribution in [2.75, 3.05) is 13.1 Å². The zero-order valence-electron chi connectivity index (χ0n) is 12.1. The Morgan fingerprint density at radius 3 is 2.79 bits per heavy atom. The molecule has 0 aromatic carbocycles. The first kappa shape index (κ1) is 14.8. The van der Waals surface area contributed by atoms with Crippen LogP contribution in [0.1, 0.15) is 58.3 Å². The lowest BCUT2D eigenvalue weighted by atomic mass is 9.77. The van der Waals surface area contributed by atoms with Crippen molar-refractivity contribution in [3.63, 3.8) is 0 Å². The van der Waals surface area contributed by atoms with E-state index in [1.807, 2.05) is 0 Å². The van der Waals surface area contributed by atoms with Gasteiger partial charge in [0.2, 0.25) is 5.91 Å². The standard InChI is InChI=1S/C15H28N2O2/c1-2-15(9-6-10-16-11-15)14(19)17-12-7-4-3-5-8-13(12)18/h12-13,16,18H,2-11H2,1H3,(H,17,19). The van der Waals surface area contributed by atoms with E-state index in [1.165, 1.54) is 6.42 Å². The fourth-order valence-electron chi connectivity index (χ4n) is 3.40. The zero-order valence-corrected chi connectivity index (χ0v) is 12.1. The number of nitrogens with one attached hydrogen (secondary N) is 2. The molecular formula is C15H28N2O2. The number of carbonyl (C=O) groups excluding carboxylic acids is 1. The van der Waals surface area contributed by atoms with Crippen molar-refractivity contribution in [1.29, 1.82) is 0 Å². The number of hydrogen-bond acceptors (Lipinski definition) is 3. The molecule has 0 aromatic rings. The minimum atomic E-state index is -0.364. The fourth-order valence-corrected chi connectivity index (χ4v) is 3.40. The van der Waals surface area contributed by atoms with Gasteiger partial charge in [0, 0.05) is 6.54 Å². The molecule has 110 valence electrons. The average Bonchev–Trinajstić information content (AvgIpc) is 2.65. The third-order valence-corrected chi connectivity index (χ3v) is 4.93. The summed E-state index contributed by atoms with van der Waals surface area (Å²) in [7, 11) is 0. The van der Waals surface area contributed by atoms with Crippen LogP contribution < -0.4 is 10.6 Å². The Labute approximate surface area is 116 Å². The van der Waals surface area contributed by atoms with E-state index in [4.69, 9.17) is 0 Å². The first-order valence-corrected chi connectivity index (χ1v) is 7.88. The molecule has 1 aliphatic carbocycles. The zero-order chi connectivity index (χ0) is 13.7. The van der Waals surface area contributed by atoms with Gasteiger partial charge in [0.1, 0.15) is 0 Å². The van der Waals surface area contributed by atoms with Crippen LogP contribution in [0.2, 0.25) is 0 Å². The Morgan fingerprint density at radius 2 is 2.11 bits per heavy atom. The highest BCUT2D eigenvalue weighted by molar-refractivity contribution is 5.83. The monoisotopic (exact) mass is 268 g/mol. The number of aliphatic hydroxyl groups is 1. The van der Waals surface area contributed by atoms with Crippen molar-refractivity contribution in [2.45, 2.75) is 70.4 Å². The molecule has 0 spiro atoms. The number of rotatable bonds is 3. The summed E-state index contributed by atoms with van der Waals surface area (Å²) in [5.74, 6) is 0.146. The van der Waals surface area contributed by atoms with E-state index >= 15 is 0 Å². The third kappa shape index (κ3) is 3.48. The van der Waals surface area contributed by atoms with E-state index in [0.717, 1.165) is 58.0 Å². The summed E-state index contributed by atoms with van der Waals surface area (Å²) in [4.78, 5) is 12.6. The average molecular weight is 268 g/mol. The molecule has 1 aliphatic heterocycles. The van der Waals surface area contributed by atoms with E-state index in [0.29, 0.717) is 0 Å². The lowest BCUT2D eigenvalue weighted by Crippen LogP contribution is -2.54. The molecule has 1 saturated carbocycles. The van der Waals surface area contributed by atoms with Gasteiger partial charge < -0.3 is 15.7 Å². The molecule has 3 atom stereocenters. The topological polar surface area (TPSA) is 61.4 Å². The Kier molecular flexibility index (Phi) is 5.22. The SMILES string of the molecule is CCC1(C(=O)NC2CCCCCC2O)CCCNC1. The maximum Gasteiger partial charge on any atom is 0.227 e. The predicted octanol–water partition coefficient (Wildman–Crippen LogP) is 1.58. The van der Waals surface area contributed by atoms with E-state index in [1.54, 1.807) is 0 Å². The number of amides is 1. The molecule has 2 aliphatic rings. The maximum absolute atomic E-state index is 12.6. The first-order valence-electron chi connectivity index (χ1n) is 7.88. The largest absolute Gasteiger partial charge is 0.391 e. The predicted molar refractivity (Wildman–Crippen MR) is 75.9 cm³/mol. The molecule has 0 aromatic heterocycles. The summed E-state index contributed by atoms with van der Waals surface area (Å²) in [6.07, 6.45) is 7.63. The molecule has 1 heterocycles. The minimum absolute atomic E-state index is 0.0413. The van der Waals surface area contributed by atoms with Crippen molar-refractivity contribution in [3.8, 4) is 0 Å². The molecule has 1 saturated heterocycles. The Bertz CT molecular complexity index is 301. The van der Waals surface area contributed by atoms with Crippen molar-refractivity contribution >= 4 is 5.91 Å². The van der Waals surface area contributed by atoms with E-state index in [-0.39, 0.29) is 23.5 Å². The van der Waals surface area contributed by atoms with Gasteiger partial charge in [-0.05, 0) is 38.6 Å². The molecule has 2 fully saturated rings. The summed E-state index contributed by atoms with van der Waals surface area (Å²) < 4.78 is 0. The van der Waals surface area contributed by atoms with E-state index in [9.17, 15) is 9.90 Å². The number of aliphatic hydroxyl groups excluding tert-OH is 1. The smallest absolute Gasteiger partial charge is 0.227 e. The molecule has 19 heavy (non-hydrogen) atoms. The fraction of sp³-hybridized carbons (Fsp3) is 0.933. The number of hydrogen-bond donors (Lipinski definition) is 3. The maximum atomic E-state index is 12.6. The molecular weight excluding hydrogens is 240 g/mol. The molecule has 3 N–H and O–H groups in total. The van der Waals surface area contributed by atoms with Crippen LogP contribution in [0.4, 0.5) is 0 Å². The second kappa shape index (κ2) is 6.71. The number of carbonyl (C=O) groups is 1. The van der Waals surface area contributed by atoms with Gasteiger partial charge in [0.05, 0.1) is 17.6 Å². The van der Waals surface area contributed by atoms with Gasteiger partial charge in [-0.15, -0.1) is 0 Å². The lowest BCUT2D eigenvalue weighted by Gasteiger charge is -2.37. The Morgan fingerprint density at radius 1 is 1.32 bits per heavy atom. The lowest BCUT2D eigenvalue weighted by molar-refractivity contribution is -0.134. The Balaban J connectivity index is 1.97. The van der Waals surface area contributed by atoms with Gasteiger partial charge in [-0.1, -0.05) is 26.2 Å². The molecule has 1 amide bonds. The van der Waals surface area contributed by atoms with Gasteiger partial charge in [0.25, 0.3) is 0 Å². The molecule has 0 bridgehead atoms.